The van der Waals surface area contributed by atoms with E-state index in [1.54, 1.807) is 12.1 Å². The minimum absolute atomic E-state index is 0. The number of halogens is 1. The van der Waals surface area contributed by atoms with Gasteiger partial charge in [0, 0.05) is 29.4 Å². The molecule has 1 unspecified atom stereocenters. The molecule has 0 aliphatic rings. The van der Waals surface area contributed by atoms with Gasteiger partial charge in [-0.3, -0.25) is 14.3 Å². The molecule has 1 aromatic carbocycles. The number of carbonyl (C=O) groups is 1. The molecule has 5 nitrogen and oxygen atoms in total. The molecular weight excluding hydrogens is 337 g/mol. The summed E-state index contributed by atoms with van der Waals surface area (Å²) < 4.78 is 32.4. The van der Waals surface area contributed by atoms with Crippen molar-refractivity contribution in [2.24, 2.45) is 0 Å². The predicted molar refractivity (Wildman–Crippen MR) is 86.1 cm³/mol. The molecule has 0 spiro atoms. The van der Waals surface area contributed by atoms with Crippen LogP contribution in [0.25, 0.3) is 0 Å². The molecular formula is C14H13ClNNaO4S. The van der Waals surface area contributed by atoms with Crippen molar-refractivity contribution < 1.29 is 17.8 Å². The number of carbonyl (C=O) groups excluding carboxylic acids is 1. The Morgan fingerprint density at radius 1 is 1.14 bits per heavy atom. The van der Waals surface area contributed by atoms with Crippen molar-refractivity contribution in [3.63, 3.8) is 0 Å². The summed E-state index contributed by atoms with van der Waals surface area (Å²) >= 11 is 5.74. The van der Waals surface area contributed by atoms with E-state index < -0.39 is 21.2 Å². The molecule has 1 atom stereocenters. The van der Waals surface area contributed by atoms with Crippen LogP contribution >= 0.6 is 11.6 Å². The number of ketones is 1. The molecule has 8 heteroatoms. The molecule has 0 radical (unpaired) electrons. The Morgan fingerprint density at radius 3 is 2.18 bits per heavy atom. The van der Waals surface area contributed by atoms with Crippen LogP contribution in [0.1, 0.15) is 27.6 Å². The van der Waals surface area contributed by atoms with Crippen molar-refractivity contribution in [3.8, 4) is 0 Å². The van der Waals surface area contributed by atoms with Crippen molar-refractivity contribution in [2.45, 2.75) is 11.7 Å². The van der Waals surface area contributed by atoms with Gasteiger partial charge in [0.1, 0.15) is 5.25 Å². The van der Waals surface area contributed by atoms with Crippen LogP contribution in [0.3, 0.4) is 0 Å². The first kappa shape index (κ1) is 19.3. The van der Waals surface area contributed by atoms with Crippen molar-refractivity contribution in [1.82, 2.24) is 4.98 Å². The molecule has 2 rings (SSSR count). The summed E-state index contributed by atoms with van der Waals surface area (Å²) in [4.78, 5) is 15.9. The van der Waals surface area contributed by atoms with Gasteiger partial charge < -0.3 is 0 Å². The van der Waals surface area contributed by atoms with Crippen molar-refractivity contribution in [3.05, 3.63) is 64.9 Å². The van der Waals surface area contributed by atoms with Crippen LogP contribution in [0.5, 0.6) is 0 Å². The van der Waals surface area contributed by atoms with E-state index >= 15 is 0 Å². The molecule has 0 amide bonds. The first-order valence-electron chi connectivity index (χ1n) is 6.03. The average molecular weight is 350 g/mol. The quantitative estimate of drug-likeness (QED) is 0.508. The number of nitrogens with zero attached hydrogens (tertiary/aromatic N) is 1. The zero-order valence-electron chi connectivity index (χ0n) is 10.8. The summed E-state index contributed by atoms with van der Waals surface area (Å²) in [5.41, 5.74) is 0.650. The summed E-state index contributed by atoms with van der Waals surface area (Å²) in [6, 6.07) is 9.02. The third-order valence-corrected chi connectivity index (χ3v) is 4.38. The van der Waals surface area contributed by atoms with Gasteiger partial charge >= 0.3 is 29.6 Å². The molecule has 2 aromatic rings. The molecule has 1 heterocycles. The molecule has 1 aromatic heterocycles. The van der Waals surface area contributed by atoms with E-state index in [1.807, 2.05) is 0 Å². The van der Waals surface area contributed by atoms with Gasteiger partial charge in [0.05, 0.1) is 0 Å². The Bertz CT molecular complexity index is 735. The monoisotopic (exact) mass is 349 g/mol. The van der Waals surface area contributed by atoms with Gasteiger partial charge in [-0.05, 0) is 42.0 Å². The molecule has 0 saturated heterocycles. The average Bonchev–Trinajstić information content (AvgIpc) is 2.45. The minimum atomic E-state index is -4.40. The second-order valence-corrected chi connectivity index (χ2v) is 6.45. The summed E-state index contributed by atoms with van der Waals surface area (Å²) in [5, 5.41) is -0.837. The number of aromatic nitrogens is 1. The topological polar surface area (TPSA) is 84.3 Å². The molecule has 22 heavy (non-hydrogen) atoms. The number of hydrogen-bond acceptors (Lipinski definition) is 4. The van der Waals surface area contributed by atoms with Gasteiger partial charge in [0.2, 0.25) is 0 Å². The molecule has 112 valence electrons. The fraction of sp³-hybridized carbons (Fsp3) is 0.143. The van der Waals surface area contributed by atoms with Crippen LogP contribution in [0.15, 0.2) is 48.8 Å². The van der Waals surface area contributed by atoms with E-state index in [0.717, 1.165) is 0 Å². The van der Waals surface area contributed by atoms with Gasteiger partial charge in [0.25, 0.3) is 10.1 Å². The van der Waals surface area contributed by atoms with Gasteiger partial charge in [-0.1, -0.05) is 11.6 Å². The predicted octanol–water partition coefficient (Wildman–Crippen LogP) is 2.29. The number of Topliss-reactive ketones (excluding diaryl/α,β-unsaturated/α-hetero) is 1. The Labute approximate surface area is 155 Å². The van der Waals surface area contributed by atoms with Gasteiger partial charge in [-0.15, -0.1) is 0 Å². The van der Waals surface area contributed by atoms with E-state index in [1.165, 1.54) is 36.7 Å². The molecule has 0 saturated carbocycles. The summed E-state index contributed by atoms with van der Waals surface area (Å²) in [5.74, 6) is -0.397. The molecule has 1 N–H and O–H groups in total. The van der Waals surface area contributed by atoms with Crippen molar-refractivity contribution in [1.29, 1.82) is 0 Å². The number of hydrogen-bond donors (Lipinski definition) is 1. The van der Waals surface area contributed by atoms with Crippen LogP contribution in [0.2, 0.25) is 5.02 Å². The first-order chi connectivity index (χ1) is 9.88. The van der Waals surface area contributed by atoms with Crippen molar-refractivity contribution >= 4 is 57.1 Å². The Morgan fingerprint density at radius 2 is 1.68 bits per heavy atom. The van der Waals surface area contributed by atoms with Gasteiger partial charge in [-0.25, -0.2) is 0 Å². The standard InChI is InChI=1S/C14H12ClNO4S.Na.H/c15-12-3-1-10(2-4-12)13(17)9-14(21(18,19)20)11-5-7-16-8-6-11;;/h1-8,14H,9H2,(H,18,19,20);;. The Balaban J connectivity index is 0.00000242. The fourth-order valence-corrected chi connectivity index (χ4v) is 2.88. The van der Waals surface area contributed by atoms with Crippen LogP contribution in [0, 0.1) is 0 Å². The zero-order valence-corrected chi connectivity index (χ0v) is 12.4. The Kier molecular flexibility index (Phi) is 7.18. The van der Waals surface area contributed by atoms with Crippen LogP contribution in [-0.2, 0) is 10.1 Å². The van der Waals surface area contributed by atoms with Crippen molar-refractivity contribution in [2.75, 3.05) is 0 Å². The molecule has 0 fully saturated rings. The summed E-state index contributed by atoms with van der Waals surface area (Å²) in [6.45, 7) is 0. The second kappa shape index (κ2) is 8.19. The van der Waals surface area contributed by atoms with Crippen LogP contribution in [-0.4, -0.2) is 53.3 Å². The number of rotatable bonds is 5. The molecule has 0 aliphatic carbocycles. The van der Waals surface area contributed by atoms with E-state index in [-0.39, 0.29) is 36.0 Å². The number of benzene rings is 1. The zero-order chi connectivity index (χ0) is 15.5. The van der Waals surface area contributed by atoms with Gasteiger partial charge in [0.15, 0.2) is 5.78 Å². The second-order valence-electron chi connectivity index (χ2n) is 4.42. The number of pyridine rings is 1. The third-order valence-electron chi connectivity index (χ3n) is 2.97. The van der Waals surface area contributed by atoms with Crippen LogP contribution < -0.4 is 0 Å². The molecule has 0 aliphatic heterocycles. The van der Waals surface area contributed by atoms with E-state index in [4.69, 9.17) is 11.6 Å². The third kappa shape index (κ3) is 5.15. The van der Waals surface area contributed by atoms with E-state index in [9.17, 15) is 17.8 Å². The maximum absolute atomic E-state index is 12.2. The molecule has 0 bridgehead atoms. The maximum atomic E-state index is 12.2. The SMILES string of the molecule is O=C(CC(c1ccncc1)S(=O)(=O)O)c1ccc(Cl)cc1.[NaH]. The summed E-state index contributed by atoms with van der Waals surface area (Å²) in [7, 11) is -4.40. The van der Waals surface area contributed by atoms with Crippen LogP contribution in [0.4, 0.5) is 0 Å². The van der Waals surface area contributed by atoms with E-state index in [2.05, 4.69) is 4.98 Å². The normalized spacial score (nSPS) is 12.3. The Hall–Kier alpha value is -0.760. The first-order valence-corrected chi connectivity index (χ1v) is 7.91. The summed E-state index contributed by atoms with van der Waals surface area (Å²) in [6.07, 6.45) is 2.45. The fourth-order valence-electron chi connectivity index (χ4n) is 1.90. The van der Waals surface area contributed by atoms with Gasteiger partial charge in [-0.2, -0.15) is 8.42 Å². The van der Waals surface area contributed by atoms with E-state index in [0.29, 0.717) is 16.1 Å².